The molecule has 0 aliphatic carbocycles. The minimum absolute atomic E-state index is 0.118. The number of carbonyl (C=O) groups excluding carboxylic acids is 1. The maximum Gasteiger partial charge on any atom is 0.416 e. The van der Waals surface area contributed by atoms with Gasteiger partial charge in [-0.15, -0.1) is 0 Å². The summed E-state index contributed by atoms with van der Waals surface area (Å²) in [5.74, 6) is 0.666. The second-order valence-electron chi connectivity index (χ2n) is 9.31. The Balaban J connectivity index is 1.65. The van der Waals surface area contributed by atoms with Crippen molar-refractivity contribution in [1.29, 1.82) is 0 Å². The van der Waals surface area contributed by atoms with Crippen LogP contribution in [0, 0.1) is 0 Å². The SMILES string of the molecule is CCOC(=O)C1=C(C)N=c2s/c(=C/c3ccc(-c4cccc(C(F)(F)F)c4)o3)c(=O)n2[C@@H]1c1cc(OC)c(OC)cc1Br. The lowest BCUT2D eigenvalue weighted by Gasteiger charge is -2.26. The fourth-order valence-corrected chi connectivity index (χ4v) is 6.29. The van der Waals surface area contributed by atoms with E-state index in [2.05, 4.69) is 20.9 Å². The van der Waals surface area contributed by atoms with Gasteiger partial charge in [-0.25, -0.2) is 9.79 Å². The molecule has 8 nitrogen and oxygen atoms in total. The van der Waals surface area contributed by atoms with Gasteiger partial charge in [0.05, 0.1) is 48.2 Å². The van der Waals surface area contributed by atoms with E-state index in [-0.39, 0.29) is 33.8 Å². The first-order chi connectivity index (χ1) is 20.5. The highest BCUT2D eigenvalue weighted by atomic mass is 79.9. The zero-order valence-electron chi connectivity index (χ0n) is 23.2. The van der Waals surface area contributed by atoms with E-state index in [9.17, 15) is 22.8 Å². The van der Waals surface area contributed by atoms with Crippen LogP contribution in [0.4, 0.5) is 13.2 Å². The first-order valence-corrected chi connectivity index (χ1v) is 14.5. The first-order valence-electron chi connectivity index (χ1n) is 12.8. The third-order valence-corrected chi connectivity index (χ3v) is 8.36. The van der Waals surface area contributed by atoms with Gasteiger partial charge in [0, 0.05) is 16.1 Å². The van der Waals surface area contributed by atoms with Crippen LogP contribution in [0.1, 0.15) is 36.8 Å². The van der Waals surface area contributed by atoms with Crippen LogP contribution in [0.25, 0.3) is 17.4 Å². The Labute approximate surface area is 255 Å². The third kappa shape index (κ3) is 5.78. The molecular weight excluding hydrogens is 653 g/mol. The topological polar surface area (TPSA) is 92.3 Å². The molecule has 3 heterocycles. The van der Waals surface area contributed by atoms with Gasteiger partial charge in [0.2, 0.25) is 0 Å². The van der Waals surface area contributed by atoms with Crippen molar-refractivity contribution in [3.8, 4) is 22.8 Å². The van der Waals surface area contributed by atoms with Crippen LogP contribution in [-0.4, -0.2) is 31.4 Å². The van der Waals surface area contributed by atoms with E-state index >= 15 is 0 Å². The van der Waals surface area contributed by atoms with Gasteiger partial charge >= 0.3 is 12.1 Å². The number of nitrogens with zero attached hydrogens (tertiary/aromatic N) is 2. The number of halogens is 4. The number of furan rings is 1. The van der Waals surface area contributed by atoms with E-state index in [0.29, 0.717) is 32.0 Å². The molecule has 1 aliphatic rings. The molecule has 1 aliphatic heterocycles. The van der Waals surface area contributed by atoms with Crippen molar-refractivity contribution in [2.75, 3.05) is 20.8 Å². The number of thiazole rings is 1. The average molecular weight is 677 g/mol. The number of esters is 1. The Morgan fingerprint density at radius 3 is 2.53 bits per heavy atom. The fraction of sp³-hybridized carbons (Fsp3) is 0.233. The maximum atomic E-state index is 13.9. The molecule has 0 amide bonds. The van der Waals surface area contributed by atoms with Gasteiger partial charge in [-0.2, -0.15) is 13.2 Å². The van der Waals surface area contributed by atoms with Gasteiger partial charge in [0.15, 0.2) is 16.3 Å². The van der Waals surface area contributed by atoms with E-state index in [4.69, 9.17) is 18.6 Å². The van der Waals surface area contributed by atoms with Gasteiger partial charge in [-0.05, 0) is 55.8 Å². The number of ether oxygens (including phenoxy) is 3. The molecule has 0 N–H and O–H groups in total. The van der Waals surface area contributed by atoms with Crippen LogP contribution in [0.2, 0.25) is 0 Å². The molecule has 43 heavy (non-hydrogen) atoms. The van der Waals surface area contributed by atoms with Crippen molar-refractivity contribution in [1.82, 2.24) is 4.57 Å². The number of hydrogen-bond donors (Lipinski definition) is 0. The summed E-state index contributed by atoms with van der Waals surface area (Å²) in [6, 6.07) is 10.3. The Morgan fingerprint density at radius 1 is 1.14 bits per heavy atom. The predicted octanol–water partition coefficient (Wildman–Crippen LogP) is 5.86. The number of carbonyl (C=O) groups is 1. The van der Waals surface area contributed by atoms with Gasteiger partial charge in [-0.1, -0.05) is 39.4 Å². The van der Waals surface area contributed by atoms with Gasteiger partial charge in [0.1, 0.15) is 11.5 Å². The van der Waals surface area contributed by atoms with E-state index < -0.39 is 29.3 Å². The van der Waals surface area contributed by atoms with E-state index in [1.54, 1.807) is 32.0 Å². The zero-order chi connectivity index (χ0) is 31.1. The lowest BCUT2D eigenvalue weighted by atomic mass is 9.95. The molecule has 0 bridgehead atoms. The minimum atomic E-state index is -4.50. The van der Waals surface area contributed by atoms with Crippen molar-refractivity contribution in [2.45, 2.75) is 26.1 Å². The molecule has 1 atom stereocenters. The van der Waals surface area contributed by atoms with Gasteiger partial charge in [0.25, 0.3) is 5.56 Å². The van der Waals surface area contributed by atoms with E-state index in [1.165, 1.54) is 43.1 Å². The van der Waals surface area contributed by atoms with E-state index in [0.717, 1.165) is 23.5 Å². The number of hydrogen-bond acceptors (Lipinski definition) is 8. The van der Waals surface area contributed by atoms with Crippen molar-refractivity contribution in [2.24, 2.45) is 4.99 Å². The number of allylic oxidation sites excluding steroid dienone is 1. The maximum absolute atomic E-state index is 13.9. The Kier molecular flexibility index (Phi) is 8.39. The highest BCUT2D eigenvalue weighted by Gasteiger charge is 2.35. The third-order valence-electron chi connectivity index (χ3n) is 6.69. The van der Waals surface area contributed by atoms with Crippen LogP contribution in [0.5, 0.6) is 11.5 Å². The summed E-state index contributed by atoms with van der Waals surface area (Å²) >= 11 is 4.64. The second-order valence-corrected chi connectivity index (χ2v) is 11.2. The quantitative estimate of drug-likeness (QED) is 0.228. The molecule has 224 valence electrons. The van der Waals surface area contributed by atoms with Gasteiger partial charge in [-0.3, -0.25) is 9.36 Å². The van der Waals surface area contributed by atoms with Gasteiger partial charge < -0.3 is 18.6 Å². The highest BCUT2D eigenvalue weighted by molar-refractivity contribution is 9.10. The van der Waals surface area contributed by atoms with Crippen molar-refractivity contribution in [3.05, 3.63) is 101 Å². The summed E-state index contributed by atoms with van der Waals surface area (Å²) in [6.07, 6.45) is -3.01. The summed E-state index contributed by atoms with van der Waals surface area (Å²) in [4.78, 5) is 32.0. The van der Waals surface area contributed by atoms with Crippen LogP contribution in [0.15, 0.2) is 78.5 Å². The molecule has 0 fully saturated rings. The van der Waals surface area contributed by atoms with E-state index in [1.807, 2.05) is 0 Å². The van der Waals surface area contributed by atoms with Crippen LogP contribution < -0.4 is 24.4 Å². The highest BCUT2D eigenvalue weighted by Crippen LogP contribution is 2.41. The monoisotopic (exact) mass is 676 g/mol. The normalized spacial score (nSPS) is 15.3. The van der Waals surface area contributed by atoms with Crippen molar-refractivity contribution < 1.29 is 36.6 Å². The molecule has 0 radical (unpaired) electrons. The largest absolute Gasteiger partial charge is 0.493 e. The lowest BCUT2D eigenvalue weighted by molar-refractivity contribution is -0.139. The van der Waals surface area contributed by atoms with Crippen molar-refractivity contribution >= 4 is 39.3 Å². The lowest BCUT2D eigenvalue weighted by Crippen LogP contribution is -2.40. The van der Waals surface area contributed by atoms with Crippen LogP contribution >= 0.6 is 27.3 Å². The summed E-state index contributed by atoms with van der Waals surface area (Å²) in [5, 5.41) is 0. The molecule has 2 aromatic carbocycles. The van der Waals surface area contributed by atoms with Crippen molar-refractivity contribution in [3.63, 3.8) is 0 Å². The first kappa shape index (κ1) is 30.4. The number of aromatic nitrogens is 1. The summed E-state index contributed by atoms with van der Waals surface area (Å²) in [5.41, 5.74) is 0.0739. The number of rotatable bonds is 7. The molecule has 0 saturated heterocycles. The molecule has 13 heteroatoms. The Bertz CT molecular complexity index is 1940. The Morgan fingerprint density at radius 2 is 1.86 bits per heavy atom. The Hall–Kier alpha value is -4.10. The van der Waals surface area contributed by atoms with Crippen LogP contribution in [0.3, 0.4) is 0 Å². The second kappa shape index (κ2) is 11.9. The molecule has 0 saturated carbocycles. The number of alkyl halides is 3. The molecule has 0 unspecified atom stereocenters. The number of benzene rings is 2. The zero-order valence-corrected chi connectivity index (χ0v) is 25.6. The number of methoxy groups -OCH3 is 2. The molecular formula is C30H24BrF3N2O6S. The minimum Gasteiger partial charge on any atom is -0.493 e. The number of fused-ring (bicyclic) bond motifs is 1. The average Bonchev–Trinajstić information content (AvgIpc) is 3.56. The molecule has 4 aromatic rings. The molecule has 0 spiro atoms. The molecule has 2 aromatic heterocycles. The summed E-state index contributed by atoms with van der Waals surface area (Å²) in [6.45, 7) is 3.47. The fourth-order valence-electron chi connectivity index (χ4n) is 4.73. The standard InChI is InChI=1S/C30H24BrF3N2O6S/c1-5-41-28(38)25-15(2)35-29-36(26(25)19-13-22(39-3)23(40-4)14-20(19)31)27(37)24(43-29)12-18-9-10-21(42-18)16-7-6-8-17(11-16)30(32,33)34/h6-14,26H,5H2,1-4H3/b24-12+/t26-/m1/s1. The van der Waals surface area contributed by atoms with Crippen LogP contribution in [-0.2, 0) is 15.7 Å². The smallest absolute Gasteiger partial charge is 0.416 e. The molecule has 5 rings (SSSR count). The summed E-state index contributed by atoms with van der Waals surface area (Å²) in [7, 11) is 2.97. The summed E-state index contributed by atoms with van der Waals surface area (Å²) < 4.78 is 63.9. The predicted molar refractivity (Wildman–Crippen MR) is 157 cm³/mol.